The van der Waals surface area contributed by atoms with Gasteiger partial charge in [-0.25, -0.2) is 0 Å². The highest BCUT2D eigenvalue weighted by molar-refractivity contribution is 6.36. The van der Waals surface area contributed by atoms with Gasteiger partial charge in [-0.1, -0.05) is 77.8 Å². The van der Waals surface area contributed by atoms with Crippen LogP contribution in [-0.2, 0) is 16.1 Å². The number of fused-ring (bicyclic) bond motifs is 1. The lowest BCUT2D eigenvalue weighted by Gasteiger charge is -2.22. The molecule has 1 aliphatic rings. The fraction of sp³-hybridized carbons (Fsp3) is 0.111. The van der Waals surface area contributed by atoms with Crippen LogP contribution in [0.2, 0.25) is 10.0 Å². The summed E-state index contributed by atoms with van der Waals surface area (Å²) in [6.07, 6.45) is -0.789. The van der Waals surface area contributed by atoms with Crippen molar-refractivity contribution in [1.82, 2.24) is 5.01 Å². The topological polar surface area (TPSA) is 51.1 Å². The predicted octanol–water partition coefficient (Wildman–Crippen LogP) is 6.96. The van der Waals surface area contributed by atoms with E-state index in [4.69, 9.17) is 32.7 Å². The van der Waals surface area contributed by atoms with Crippen molar-refractivity contribution in [2.45, 2.75) is 19.8 Å². The number of rotatable bonds is 5. The van der Waals surface area contributed by atoms with Gasteiger partial charge in [-0.15, -0.1) is 5.10 Å². The molecule has 0 saturated carbocycles. The van der Waals surface area contributed by atoms with E-state index in [9.17, 15) is 4.79 Å². The maximum Gasteiger partial charge on any atom is 0.243 e. The van der Waals surface area contributed by atoms with Gasteiger partial charge in [0.2, 0.25) is 18.0 Å². The zero-order valence-corrected chi connectivity index (χ0v) is 19.8. The average Bonchev–Trinajstić information content (AvgIpc) is 3.28. The van der Waals surface area contributed by atoms with E-state index in [1.54, 1.807) is 18.2 Å². The molecule has 1 heterocycles. The number of benzene rings is 4. The molecular weight excluding hydrogens is 471 g/mol. The minimum absolute atomic E-state index is 0.241. The first kappa shape index (κ1) is 22.3. The molecule has 0 fully saturated rings. The molecule has 0 N–H and O–H groups in total. The lowest BCUT2D eigenvalue weighted by atomic mass is 10.1. The van der Waals surface area contributed by atoms with E-state index in [1.807, 2.05) is 48.5 Å². The van der Waals surface area contributed by atoms with Crippen LogP contribution in [0, 0.1) is 0 Å². The van der Waals surface area contributed by atoms with E-state index in [1.165, 1.54) is 11.9 Å². The smallest absolute Gasteiger partial charge is 0.243 e. The summed E-state index contributed by atoms with van der Waals surface area (Å²) in [6.45, 7) is 1.80. The van der Waals surface area contributed by atoms with Crippen LogP contribution < -0.4 is 4.74 Å². The fourth-order valence-corrected chi connectivity index (χ4v) is 4.42. The SMILES string of the molecule is CC(=O)N1N=C(c2ccc(Cl)cc2Cl)O[C@@H]1c1ccccc1OCc1cccc2ccccc12. The maximum absolute atomic E-state index is 12.4. The molecule has 5 rings (SSSR count). The summed E-state index contributed by atoms with van der Waals surface area (Å²) in [6, 6.07) is 26.8. The molecule has 0 aromatic heterocycles. The van der Waals surface area contributed by atoms with Crippen molar-refractivity contribution in [3.63, 3.8) is 0 Å². The largest absolute Gasteiger partial charge is 0.488 e. The zero-order valence-electron chi connectivity index (χ0n) is 18.2. The van der Waals surface area contributed by atoms with Crippen molar-refractivity contribution < 1.29 is 14.3 Å². The molecule has 4 aromatic carbocycles. The van der Waals surface area contributed by atoms with Gasteiger partial charge in [0.05, 0.1) is 16.1 Å². The Kier molecular flexibility index (Phi) is 6.14. The van der Waals surface area contributed by atoms with Gasteiger partial charge in [0.1, 0.15) is 12.4 Å². The lowest BCUT2D eigenvalue weighted by molar-refractivity contribution is -0.135. The lowest BCUT2D eigenvalue weighted by Crippen LogP contribution is -2.25. The second-order valence-electron chi connectivity index (χ2n) is 7.83. The summed E-state index contributed by atoms with van der Waals surface area (Å²) >= 11 is 12.4. The molecule has 0 spiro atoms. The van der Waals surface area contributed by atoms with Gasteiger partial charge in [-0.2, -0.15) is 5.01 Å². The predicted molar refractivity (Wildman–Crippen MR) is 134 cm³/mol. The highest BCUT2D eigenvalue weighted by atomic mass is 35.5. The molecule has 1 amide bonds. The summed E-state index contributed by atoms with van der Waals surface area (Å²) in [5.74, 6) is 0.574. The Hall–Kier alpha value is -3.54. The Balaban J connectivity index is 1.44. The van der Waals surface area contributed by atoms with E-state index in [-0.39, 0.29) is 11.8 Å². The standard InChI is InChI=1S/C27H20Cl2N2O3/c1-17(32)31-27(34-26(30-31)22-14-13-20(28)15-24(22)29)23-11-4-5-12-25(23)33-16-19-9-6-8-18-7-2-3-10-21(18)19/h2-15,27H,16H2,1H3/t27-/m1/s1. The number of para-hydroxylation sites is 1. The molecule has 0 radical (unpaired) electrons. The van der Waals surface area contributed by atoms with Crippen LogP contribution in [0.25, 0.3) is 10.8 Å². The van der Waals surface area contributed by atoms with Crippen LogP contribution in [0.1, 0.15) is 29.8 Å². The van der Waals surface area contributed by atoms with Crippen LogP contribution in [0.3, 0.4) is 0 Å². The normalized spacial score (nSPS) is 15.2. The number of carbonyl (C=O) groups excluding carboxylic acids is 1. The average molecular weight is 491 g/mol. The van der Waals surface area contributed by atoms with Crippen molar-refractivity contribution in [3.8, 4) is 5.75 Å². The first-order valence-corrected chi connectivity index (χ1v) is 11.5. The molecule has 1 atom stereocenters. The van der Waals surface area contributed by atoms with Crippen LogP contribution in [0.5, 0.6) is 5.75 Å². The molecule has 170 valence electrons. The maximum atomic E-state index is 12.4. The molecular formula is C27H20Cl2N2O3. The Morgan fingerprint density at radius 3 is 2.59 bits per heavy atom. The number of ether oxygens (including phenoxy) is 2. The van der Waals surface area contributed by atoms with Crippen molar-refractivity contribution in [2.24, 2.45) is 5.10 Å². The van der Waals surface area contributed by atoms with Crippen molar-refractivity contribution in [1.29, 1.82) is 0 Å². The summed E-state index contributed by atoms with van der Waals surface area (Å²) < 4.78 is 12.4. The van der Waals surface area contributed by atoms with Crippen LogP contribution in [0.15, 0.2) is 90.0 Å². The third-order valence-corrected chi connectivity index (χ3v) is 6.12. The summed E-state index contributed by atoms with van der Waals surface area (Å²) in [4.78, 5) is 12.4. The van der Waals surface area contributed by atoms with Gasteiger partial charge in [0.25, 0.3) is 0 Å². The molecule has 0 unspecified atom stereocenters. The van der Waals surface area contributed by atoms with E-state index < -0.39 is 6.23 Å². The van der Waals surface area contributed by atoms with Crippen molar-refractivity contribution in [3.05, 3.63) is 112 Å². The third-order valence-electron chi connectivity index (χ3n) is 5.58. The van der Waals surface area contributed by atoms with E-state index >= 15 is 0 Å². The second-order valence-corrected chi connectivity index (χ2v) is 8.67. The number of nitrogens with zero attached hydrogens (tertiary/aromatic N) is 2. The molecule has 0 bridgehead atoms. The van der Waals surface area contributed by atoms with Gasteiger partial charge >= 0.3 is 0 Å². The summed E-state index contributed by atoms with van der Waals surface area (Å²) in [5, 5.41) is 8.86. The van der Waals surface area contributed by atoms with Crippen LogP contribution in [0.4, 0.5) is 0 Å². The van der Waals surface area contributed by atoms with Gasteiger partial charge in [0.15, 0.2) is 0 Å². The quantitative estimate of drug-likeness (QED) is 0.303. The molecule has 7 heteroatoms. The Morgan fingerprint density at radius 1 is 1.00 bits per heavy atom. The third kappa shape index (κ3) is 4.32. The minimum Gasteiger partial charge on any atom is -0.488 e. The van der Waals surface area contributed by atoms with Crippen LogP contribution in [-0.4, -0.2) is 16.8 Å². The van der Waals surface area contributed by atoms with Gasteiger partial charge < -0.3 is 9.47 Å². The molecule has 5 nitrogen and oxygen atoms in total. The number of hydrogen-bond donors (Lipinski definition) is 0. The number of amides is 1. The van der Waals surface area contributed by atoms with Crippen molar-refractivity contribution >= 4 is 45.8 Å². The molecule has 0 saturated heterocycles. The van der Waals surface area contributed by atoms with Gasteiger partial charge in [0, 0.05) is 11.9 Å². The Bertz CT molecular complexity index is 1410. The second kappa shape index (κ2) is 9.37. The van der Waals surface area contributed by atoms with Gasteiger partial charge in [-0.3, -0.25) is 4.79 Å². The number of hydrogen-bond acceptors (Lipinski definition) is 4. The van der Waals surface area contributed by atoms with Crippen molar-refractivity contribution in [2.75, 3.05) is 0 Å². The minimum atomic E-state index is -0.789. The van der Waals surface area contributed by atoms with E-state index in [2.05, 4.69) is 23.3 Å². The number of hydrazone groups is 1. The molecule has 4 aromatic rings. The monoisotopic (exact) mass is 490 g/mol. The number of halogens is 2. The first-order chi connectivity index (χ1) is 16.5. The summed E-state index contributed by atoms with van der Waals surface area (Å²) in [5.41, 5.74) is 2.30. The van der Waals surface area contributed by atoms with E-state index in [0.717, 1.165) is 16.3 Å². The Labute approximate surface area is 207 Å². The zero-order chi connectivity index (χ0) is 23.7. The fourth-order valence-electron chi connectivity index (χ4n) is 3.93. The molecule has 1 aliphatic heterocycles. The first-order valence-electron chi connectivity index (χ1n) is 10.7. The summed E-state index contributed by atoms with van der Waals surface area (Å²) in [7, 11) is 0. The van der Waals surface area contributed by atoms with Gasteiger partial charge in [-0.05, 0) is 46.7 Å². The Morgan fingerprint density at radius 2 is 1.76 bits per heavy atom. The van der Waals surface area contributed by atoms with Crippen LogP contribution >= 0.6 is 23.2 Å². The highest BCUT2D eigenvalue weighted by Crippen LogP contribution is 2.37. The van der Waals surface area contributed by atoms with E-state index in [0.29, 0.717) is 33.5 Å². The molecule has 0 aliphatic carbocycles. The highest BCUT2D eigenvalue weighted by Gasteiger charge is 2.35. The molecule has 34 heavy (non-hydrogen) atoms. The number of carbonyl (C=O) groups is 1.